The van der Waals surface area contributed by atoms with Crippen molar-refractivity contribution in [1.29, 1.82) is 0 Å². The number of hydrogen-bond acceptors (Lipinski definition) is 4. The van der Waals surface area contributed by atoms with Gasteiger partial charge < -0.3 is 24.8 Å². The molecule has 1 saturated carbocycles. The van der Waals surface area contributed by atoms with Crippen LogP contribution in [0.25, 0.3) is 0 Å². The van der Waals surface area contributed by atoms with Gasteiger partial charge in [0.2, 0.25) is 5.91 Å². The van der Waals surface area contributed by atoms with Crippen LogP contribution in [-0.2, 0) is 9.53 Å². The average molecular weight is 524 g/mol. The van der Waals surface area contributed by atoms with Crippen LogP contribution < -0.4 is 15.5 Å². The third-order valence-corrected chi connectivity index (χ3v) is 7.58. The lowest BCUT2D eigenvalue weighted by molar-refractivity contribution is -0.119. The molecule has 1 aliphatic carbocycles. The van der Waals surface area contributed by atoms with Crippen LogP contribution in [0.3, 0.4) is 0 Å². The highest BCUT2D eigenvalue weighted by atomic mass is 35.5. The summed E-state index contributed by atoms with van der Waals surface area (Å²) in [6.07, 6.45) is 12.6. The molecular weight excluding hydrogens is 494 g/mol. The molecule has 2 N–H and O–H groups in total. The second-order valence-corrected chi connectivity index (χ2v) is 10.1. The maximum absolute atomic E-state index is 12.0. The minimum Gasteiger partial charge on any atom is -0.375 e. The number of amides is 1. The fraction of sp³-hybridized carbons (Fsp3) is 0.370. The summed E-state index contributed by atoms with van der Waals surface area (Å²) in [5, 5.41) is 7.31. The summed E-state index contributed by atoms with van der Waals surface area (Å²) in [5.74, 6) is -0.261. The first-order valence-corrected chi connectivity index (χ1v) is 13.1. The number of aromatic nitrogens is 2. The Morgan fingerprint density at radius 3 is 2.78 bits per heavy atom. The maximum atomic E-state index is 12.0. The Balaban J connectivity index is 1.50. The van der Waals surface area contributed by atoms with E-state index in [9.17, 15) is 4.79 Å². The molecule has 5 rings (SSSR count). The Bertz CT molecular complexity index is 1230. The summed E-state index contributed by atoms with van der Waals surface area (Å²) < 4.78 is 7.27. The molecule has 1 aliphatic heterocycles. The van der Waals surface area contributed by atoms with E-state index in [0.29, 0.717) is 21.9 Å². The minimum absolute atomic E-state index is 0.0377. The van der Waals surface area contributed by atoms with E-state index in [1.54, 1.807) is 12.3 Å². The lowest BCUT2D eigenvalue weighted by Gasteiger charge is -2.28. The highest BCUT2D eigenvalue weighted by Crippen LogP contribution is 2.43. The number of thiocarbonyl (C=S) groups is 1. The van der Waals surface area contributed by atoms with Crippen molar-refractivity contribution in [3.63, 3.8) is 0 Å². The average Bonchev–Trinajstić information content (AvgIpc) is 3.51. The van der Waals surface area contributed by atoms with Gasteiger partial charge in [0, 0.05) is 37.4 Å². The molecule has 0 spiro atoms. The number of carbonyl (C=O) groups excluding carboxylic acids is 1. The zero-order valence-corrected chi connectivity index (χ0v) is 21.8. The Hall–Kier alpha value is -2.94. The largest absolute Gasteiger partial charge is 0.375 e. The van der Waals surface area contributed by atoms with Gasteiger partial charge in [0.15, 0.2) is 5.11 Å². The van der Waals surface area contributed by atoms with E-state index in [0.717, 1.165) is 16.9 Å². The number of anilines is 2. The van der Waals surface area contributed by atoms with E-state index in [-0.39, 0.29) is 24.6 Å². The van der Waals surface area contributed by atoms with E-state index in [4.69, 9.17) is 28.6 Å². The van der Waals surface area contributed by atoms with E-state index >= 15 is 0 Å². The molecular formula is C27H30ClN5O2S. The Morgan fingerprint density at radius 2 is 2.06 bits per heavy atom. The number of pyridine rings is 1. The summed E-state index contributed by atoms with van der Waals surface area (Å²) in [7, 11) is 1.48. The molecule has 0 bridgehead atoms. The monoisotopic (exact) mass is 523 g/mol. The van der Waals surface area contributed by atoms with Crippen molar-refractivity contribution in [3.05, 3.63) is 77.3 Å². The zero-order chi connectivity index (χ0) is 25.1. The van der Waals surface area contributed by atoms with Gasteiger partial charge in [-0.25, -0.2) is 0 Å². The number of carbonyl (C=O) groups is 1. The third kappa shape index (κ3) is 5.12. The van der Waals surface area contributed by atoms with E-state index in [1.807, 2.05) is 30.3 Å². The first-order valence-electron chi connectivity index (χ1n) is 12.3. The first kappa shape index (κ1) is 24.7. The molecule has 3 aromatic rings. The van der Waals surface area contributed by atoms with Crippen LogP contribution in [0, 0.1) is 0 Å². The van der Waals surface area contributed by atoms with Crippen molar-refractivity contribution < 1.29 is 9.53 Å². The molecule has 7 nitrogen and oxygen atoms in total. The number of rotatable bonds is 7. The lowest BCUT2D eigenvalue weighted by atomic mass is 9.95. The number of nitrogens with one attached hydrogen (secondary N) is 2. The number of benzene rings is 1. The van der Waals surface area contributed by atoms with Crippen molar-refractivity contribution in [3.8, 4) is 0 Å². The van der Waals surface area contributed by atoms with Crippen LogP contribution in [0.1, 0.15) is 61.5 Å². The topological polar surface area (TPSA) is 71.4 Å². The van der Waals surface area contributed by atoms with Gasteiger partial charge in [-0.3, -0.25) is 9.78 Å². The SMILES string of the molecule is COCC(=O)Nc1ccc(N2C(=S)N[C@@H](c3ccccn3)[C@H]2c2ccn(C3CCCCC3)c2)cc1Cl. The Kier molecular flexibility index (Phi) is 7.55. The van der Waals surface area contributed by atoms with Crippen LogP contribution >= 0.6 is 23.8 Å². The molecule has 0 unspecified atom stereocenters. The van der Waals surface area contributed by atoms with Crippen molar-refractivity contribution in [2.24, 2.45) is 0 Å². The predicted octanol–water partition coefficient (Wildman–Crippen LogP) is 5.80. The summed E-state index contributed by atoms with van der Waals surface area (Å²) in [4.78, 5) is 18.7. The van der Waals surface area contributed by atoms with Crippen molar-refractivity contribution in [1.82, 2.24) is 14.9 Å². The maximum Gasteiger partial charge on any atom is 0.250 e. The van der Waals surface area contributed by atoms with Gasteiger partial charge in [0.1, 0.15) is 6.61 Å². The molecule has 9 heteroatoms. The highest BCUT2D eigenvalue weighted by molar-refractivity contribution is 7.80. The van der Waals surface area contributed by atoms with Gasteiger partial charge in [-0.15, -0.1) is 0 Å². The van der Waals surface area contributed by atoms with Crippen LogP contribution in [0.5, 0.6) is 0 Å². The Morgan fingerprint density at radius 1 is 1.22 bits per heavy atom. The van der Waals surface area contributed by atoms with Crippen LogP contribution in [0.4, 0.5) is 11.4 Å². The third-order valence-electron chi connectivity index (χ3n) is 6.95. The van der Waals surface area contributed by atoms with Crippen LogP contribution in [0.2, 0.25) is 5.02 Å². The fourth-order valence-corrected chi connectivity index (χ4v) is 5.82. The molecule has 1 saturated heterocycles. The standard InChI is InChI=1S/C27H30ClN5O2S/c1-35-17-24(34)30-22-11-10-20(15-21(22)28)33-26(25(31-27(33)36)23-9-5-6-13-29-23)18-12-14-32(16-18)19-7-3-2-4-8-19/h5-6,9-16,19,25-26H,2-4,7-8,17H2,1H3,(H,30,34)(H,31,36)/t25-,26+/m0/s1. The van der Waals surface area contributed by atoms with E-state index in [2.05, 4.69) is 43.5 Å². The molecule has 36 heavy (non-hydrogen) atoms. The fourth-order valence-electron chi connectivity index (χ4n) is 5.26. The number of hydrogen-bond donors (Lipinski definition) is 2. The second kappa shape index (κ2) is 11.0. The molecule has 1 aromatic carbocycles. The predicted molar refractivity (Wildman–Crippen MR) is 146 cm³/mol. The van der Waals surface area contributed by atoms with Gasteiger partial charge in [-0.1, -0.05) is 36.9 Å². The summed E-state index contributed by atoms with van der Waals surface area (Å²) >= 11 is 12.4. The Labute approximate surface area is 221 Å². The first-order chi connectivity index (χ1) is 17.5. The zero-order valence-electron chi connectivity index (χ0n) is 20.2. The van der Waals surface area contributed by atoms with E-state index in [1.165, 1.54) is 39.2 Å². The van der Waals surface area contributed by atoms with Gasteiger partial charge in [-0.05, 0) is 67.0 Å². The molecule has 2 fully saturated rings. The molecule has 188 valence electrons. The van der Waals surface area contributed by atoms with Crippen molar-refractivity contribution >= 4 is 46.2 Å². The summed E-state index contributed by atoms with van der Waals surface area (Å²) in [6.45, 7) is -0.0377. The van der Waals surface area contributed by atoms with Gasteiger partial charge in [-0.2, -0.15) is 0 Å². The van der Waals surface area contributed by atoms with Crippen LogP contribution in [-0.4, -0.2) is 34.3 Å². The number of nitrogens with zero attached hydrogens (tertiary/aromatic N) is 3. The number of ether oxygens (including phenoxy) is 1. The van der Waals surface area contributed by atoms with Crippen molar-refractivity contribution in [2.45, 2.75) is 50.2 Å². The minimum atomic E-state index is -0.261. The normalized spacial score (nSPS) is 20.4. The molecule has 1 amide bonds. The van der Waals surface area contributed by atoms with Crippen molar-refractivity contribution in [2.75, 3.05) is 23.9 Å². The van der Waals surface area contributed by atoms with Gasteiger partial charge in [0.05, 0.1) is 28.5 Å². The molecule has 3 heterocycles. The lowest BCUT2D eigenvalue weighted by Crippen LogP contribution is -2.29. The molecule has 2 atom stereocenters. The van der Waals surface area contributed by atoms with E-state index < -0.39 is 0 Å². The summed E-state index contributed by atoms with van der Waals surface area (Å²) in [6, 6.07) is 14.0. The quantitative estimate of drug-likeness (QED) is 0.381. The smallest absolute Gasteiger partial charge is 0.250 e. The number of methoxy groups -OCH3 is 1. The molecule has 0 radical (unpaired) electrons. The van der Waals surface area contributed by atoms with Crippen LogP contribution in [0.15, 0.2) is 61.1 Å². The molecule has 2 aromatic heterocycles. The van der Waals surface area contributed by atoms with Gasteiger partial charge in [0.25, 0.3) is 0 Å². The second-order valence-electron chi connectivity index (χ2n) is 9.33. The van der Waals surface area contributed by atoms with Gasteiger partial charge >= 0.3 is 0 Å². The molecule has 2 aliphatic rings. The summed E-state index contributed by atoms with van der Waals surface area (Å²) in [5.41, 5.74) is 3.46. The number of halogens is 1. The highest BCUT2D eigenvalue weighted by Gasteiger charge is 2.41.